The fraction of sp³-hybridized carbons (Fsp3) is 0.462. The molecule has 0 spiro atoms. The van der Waals surface area contributed by atoms with E-state index in [4.69, 9.17) is 5.73 Å². The maximum absolute atomic E-state index is 12.0. The summed E-state index contributed by atoms with van der Waals surface area (Å²) < 4.78 is 0. The number of nitrogen functional groups attached to an aromatic ring is 1. The molecule has 1 aromatic rings. The second-order valence-corrected chi connectivity index (χ2v) is 4.05. The van der Waals surface area contributed by atoms with Crippen LogP contribution in [0.25, 0.3) is 0 Å². The molecule has 3 heteroatoms. The Morgan fingerprint density at radius 2 is 2.12 bits per heavy atom. The molecule has 0 fully saturated rings. The minimum atomic E-state index is -0.00815. The van der Waals surface area contributed by atoms with Crippen LogP contribution >= 0.6 is 0 Å². The van der Waals surface area contributed by atoms with Gasteiger partial charge >= 0.3 is 0 Å². The molecule has 0 heterocycles. The third-order valence-corrected chi connectivity index (χ3v) is 2.74. The molecule has 16 heavy (non-hydrogen) atoms. The predicted octanol–water partition coefficient (Wildman–Crippen LogP) is 2.36. The molecule has 88 valence electrons. The van der Waals surface area contributed by atoms with Crippen molar-refractivity contribution >= 4 is 11.6 Å². The summed E-state index contributed by atoms with van der Waals surface area (Å²) >= 11 is 0. The van der Waals surface area contributed by atoms with Gasteiger partial charge in [-0.25, -0.2) is 0 Å². The summed E-state index contributed by atoms with van der Waals surface area (Å²) in [5, 5.41) is 2.96. The number of nitrogens with two attached hydrogens (primary N) is 1. The fourth-order valence-corrected chi connectivity index (χ4v) is 1.53. The zero-order chi connectivity index (χ0) is 12.1. The number of rotatable bonds is 4. The standard InChI is InChI=1S/C13H20N2O/c1-4-9(3)15-13(16)12-7-6-11(14)8-10(12)5-2/h6-9H,4-5,14H2,1-3H3,(H,15,16). The van der Waals surface area contributed by atoms with E-state index in [0.29, 0.717) is 5.69 Å². The first-order chi connectivity index (χ1) is 7.58. The zero-order valence-electron chi connectivity index (χ0n) is 10.2. The van der Waals surface area contributed by atoms with Gasteiger partial charge in [-0.1, -0.05) is 13.8 Å². The largest absolute Gasteiger partial charge is 0.399 e. The summed E-state index contributed by atoms with van der Waals surface area (Å²) in [6, 6.07) is 5.64. The Morgan fingerprint density at radius 3 is 2.69 bits per heavy atom. The highest BCUT2D eigenvalue weighted by atomic mass is 16.1. The summed E-state index contributed by atoms with van der Waals surface area (Å²) in [4.78, 5) is 12.0. The number of nitrogens with one attached hydrogen (secondary N) is 1. The average Bonchev–Trinajstić information content (AvgIpc) is 2.28. The second kappa shape index (κ2) is 5.54. The first kappa shape index (κ1) is 12.6. The number of aryl methyl sites for hydroxylation is 1. The lowest BCUT2D eigenvalue weighted by Gasteiger charge is -2.13. The van der Waals surface area contributed by atoms with E-state index < -0.39 is 0 Å². The van der Waals surface area contributed by atoms with Gasteiger partial charge in [-0.05, 0) is 43.5 Å². The molecule has 0 saturated carbocycles. The van der Waals surface area contributed by atoms with Crippen molar-refractivity contribution in [2.45, 2.75) is 39.7 Å². The van der Waals surface area contributed by atoms with Crippen LogP contribution in [0, 0.1) is 0 Å². The molecule has 1 amide bonds. The Labute approximate surface area is 97.0 Å². The predicted molar refractivity (Wildman–Crippen MR) is 67.5 cm³/mol. The van der Waals surface area contributed by atoms with Gasteiger partial charge in [-0.3, -0.25) is 4.79 Å². The van der Waals surface area contributed by atoms with Gasteiger partial charge < -0.3 is 11.1 Å². The number of amides is 1. The number of hydrogen-bond donors (Lipinski definition) is 2. The van der Waals surface area contributed by atoms with Crippen LogP contribution in [-0.4, -0.2) is 11.9 Å². The minimum absolute atomic E-state index is 0.00815. The van der Waals surface area contributed by atoms with Crippen molar-refractivity contribution in [1.82, 2.24) is 5.32 Å². The lowest BCUT2D eigenvalue weighted by atomic mass is 10.0. The maximum Gasteiger partial charge on any atom is 0.251 e. The molecule has 0 aliphatic heterocycles. The van der Waals surface area contributed by atoms with Gasteiger partial charge in [0.1, 0.15) is 0 Å². The topological polar surface area (TPSA) is 55.1 Å². The number of benzene rings is 1. The first-order valence-electron chi connectivity index (χ1n) is 5.77. The molecule has 0 saturated heterocycles. The average molecular weight is 220 g/mol. The quantitative estimate of drug-likeness (QED) is 0.765. The molecule has 1 atom stereocenters. The Balaban J connectivity index is 2.90. The van der Waals surface area contributed by atoms with Gasteiger partial charge in [0.15, 0.2) is 0 Å². The van der Waals surface area contributed by atoms with Gasteiger partial charge in [0, 0.05) is 17.3 Å². The monoisotopic (exact) mass is 220 g/mol. The van der Waals surface area contributed by atoms with Crippen LogP contribution < -0.4 is 11.1 Å². The third-order valence-electron chi connectivity index (χ3n) is 2.74. The van der Waals surface area contributed by atoms with Gasteiger partial charge in [0.2, 0.25) is 0 Å². The van der Waals surface area contributed by atoms with Crippen LogP contribution in [-0.2, 0) is 6.42 Å². The summed E-state index contributed by atoms with van der Waals surface area (Å²) in [6.07, 6.45) is 1.75. The zero-order valence-corrected chi connectivity index (χ0v) is 10.2. The highest BCUT2D eigenvalue weighted by molar-refractivity contribution is 5.96. The number of anilines is 1. The van der Waals surface area contributed by atoms with Gasteiger partial charge in [-0.2, -0.15) is 0 Å². The molecular formula is C13H20N2O. The number of carbonyl (C=O) groups excluding carboxylic acids is 1. The first-order valence-corrected chi connectivity index (χ1v) is 5.77. The Bertz CT molecular complexity index is 374. The molecule has 0 radical (unpaired) electrons. The highest BCUT2D eigenvalue weighted by Crippen LogP contribution is 2.14. The Morgan fingerprint density at radius 1 is 1.44 bits per heavy atom. The van der Waals surface area contributed by atoms with Crippen LogP contribution in [0.4, 0.5) is 5.69 Å². The van der Waals surface area contributed by atoms with Crippen LogP contribution in [0.5, 0.6) is 0 Å². The Kier molecular flexibility index (Phi) is 4.35. The van der Waals surface area contributed by atoms with Crippen LogP contribution in [0.3, 0.4) is 0 Å². The van der Waals surface area contributed by atoms with E-state index in [1.165, 1.54) is 0 Å². The van der Waals surface area contributed by atoms with Crippen molar-refractivity contribution < 1.29 is 4.79 Å². The lowest BCUT2D eigenvalue weighted by Crippen LogP contribution is -2.32. The second-order valence-electron chi connectivity index (χ2n) is 4.05. The third kappa shape index (κ3) is 2.99. The minimum Gasteiger partial charge on any atom is -0.399 e. The van der Waals surface area contributed by atoms with E-state index in [-0.39, 0.29) is 11.9 Å². The molecular weight excluding hydrogens is 200 g/mol. The van der Waals surface area contributed by atoms with E-state index in [0.717, 1.165) is 24.0 Å². The fourth-order valence-electron chi connectivity index (χ4n) is 1.53. The molecule has 1 aromatic carbocycles. The van der Waals surface area contributed by atoms with Gasteiger partial charge in [0.25, 0.3) is 5.91 Å². The van der Waals surface area contributed by atoms with E-state index in [2.05, 4.69) is 12.2 Å². The molecule has 0 bridgehead atoms. The molecule has 0 aliphatic carbocycles. The smallest absolute Gasteiger partial charge is 0.251 e. The van der Waals surface area contributed by atoms with Gasteiger partial charge in [-0.15, -0.1) is 0 Å². The van der Waals surface area contributed by atoms with E-state index in [9.17, 15) is 4.79 Å². The van der Waals surface area contributed by atoms with Crippen molar-refractivity contribution in [2.24, 2.45) is 0 Å². The van der Waals surface area contributed by atoms with Crippen molar-refractivity contribution in [3.05, 3.63) is 29.3 Å². The molecule has 3 N–H and O–H groups in total. The van der Waals surface area contributed by atoms with Crippen molar-refractivity contribution in [3.8, 4) is 0 Å². The molecule has 0 aliphatic rings. The Hall–Kier alpha value is -1.51. The maximum atomic E-state index is 12.0. The van der Waals surface area contributed by atoms with Crippen LogP contribution in [0.2, 0.25) is 0 Å². The molecule has 3 nitrogen and oxygen atoms in total. The number of hydrogen-bond acceptors (Lipinski definition) is 2. The highest BCUT2D eigenvalue weighted by Gasteiger charge is 2.12. The van der Waals surface area contributed by atoms with Crippen molar-refractivity contribution in [1.29, 1.82) is 0 Å². The molecule has 1 rings (SSSR count). The van der Waals surface area contributed by atoms with Gasteiger partial charge in [0.05, 0.1) is 0 Å². The van der Waals surface area contributed by atoms with Crippen LogP contribution in [0.15, 0.2) is 18.2 Å². The summed E-state index contributed by atoms with van der Waals surface area (Å²) in [5.74, 6) is -0.00815. The van der Waals surface area contributed by atoms with E-state index in [1.54, 1.807) is 12.1 Å². The summed E-state index contributed by atoms with van der Waals surface area (Å²) in [5.41, 5.74) is 8.14. The van der Waals surface area contributed by atoms with Crippen molar-refractivity contribution in [2.75, 3.05) is 5.73 Å². The normalized spacial score (nSPS) is 12.2. The molecule has 1 unspecified atom stereocenters. The number of carbonyl (C=O) groups is 1. The van der Waals surface area contributed by atoms with E-state index >= 15 is 0 Å². The summed E-state index contributed by atoms with van der Waals surface area (Å²) in [7, 11) is 0. The van der Waals surface area contributed by atoms with E-state index in [1.807, 2.05) is 19.9 Å². The SMILES string of the molecule is CCc1cc(N)ccc1C(=O)NC(C)CC. The molecule has 0 aromatic heterocycles. The summed E-state index contributed by atoms with van der Waals surface area (Å²) in [6.45, 7) is 6.07. The lowest BCUT2D eigenvalue weighted by molar-refractivity contribution is 0.0938. The van der Waals surface area contributed by atoms with Crippen molar-refractivity contribution in [3.63, 3.8) is 0 Å². The van der Waals surface area contributed by atoms with Crippen LogP contribution in [0.1, 0.15) is 43.1 Å².